The van der Waals surface area contributed by atoms with Crippen molar-refractivity contribution in [3.63, 3.8) is 0 Å². The summed E-state index contributed by atoms with van der Waals surface area (Å²) in [6, 6.07) is 18.1. The van der Waals surface area contributed by atoms with Crippen LogP contribution >= 0.6 is 11.8 Å². The zero-order valence-corrected chi connectivity index (χ0v) is 13.2. The lowest BCUT2D eigenvalue weighted by Gasteiger charge is -2.06. The van der Waals surface area contributed by atoms with Gasteiger partial charge >= 0.3 is 5.76 Å². The van der Waals surface area contributed by atoms with Gasteiger partial charge in [0.15, 0.2) is 0 Å². The molecule has 0 aliphatic heterocycles. The Kier molecular flexibility index (Phi) is 4.34. The molecule has 5 nitrogen and oxygen atoms in total. The van der Waals surface area contributed by atoms with Crippen LogP contribution in [0.3, 0.4) is 0 Å². The van der Waals surface area contributed by atoms with Gasteiger partial charge in [-0.15, -0.1) is 11.8 Å². The summed E-state index contributed by atoms with van der Waals surface area (Å²) in [4.78, 5) is 24.6. The van der Waals surface area contributed by atoms with E-state index in [1.807, 2.05) is 36.4 Å². The molecule has 6 heteroatoms. The van der Waals surface area contributed by atoms with Gasteiger partial charge < -0.3 is 9.73 Å². The normalized spacial score (nSPS) is 10.5. The molecule has 23 heavy (non-hydrogen) atoms. The zero-order chi connectivity index (χ0) is 16.2. The summed E-state index contributed by atoms with van der Waals surface area (Å²) in [6.45, 7) is 0. The van der Waals surface area contributed by atoms with Crippen LogP contribution in [-0.4, -0.2) is 16.7 Å². The first-order valence-corrected chi connectivity index (χ1v) is 8.15. The minimum atomic E-state index is -0.584. The van der Waals surface area contributed by atoms with Crippen LogP contribution < -0.4 is 11.1 Å². The number of para-hydroxylation sites is 2. The first kappa shape index (κ1) is 15.2. The van der Waals surface area contributed by atoms with Crippen molar-refractivity contribution in [1.82, 2.24) is 4.57 Å². The predicted octanol–water partition coefficient (Wildman–Crippen LogP) is 3.40. The number of nitrogens with zero attached hydrogens (tertiary/aromatic N) is 1. The van der Waals surface area contributed by atoms with Crippen LogP contribution in [0.15, 0.2) is 74.9 Å². The monoisotopic (exact) mass is 326 g/mol. The molecular weight excluding hydrogens is 312 g/mol. The number of nitrogens with one attached hydrogen (secondary N) is 1. The summed E-state index contributed by atoms with van der Waals surface area (Å²) in [6.07, 6.45) is 1.79. The summed E-state index contributed by atoms with van der Waals surface area (Å²) in [5.74, 6) is -1.03. The second kappa shape index (κ2) is 6.58. The quantitative estimate of drug-likeness (QED) is 0.746. The van der Waals surface area contributed by atoms with Crippen molar-refractivity contribution < 1.29 is 9.21 Å². The topological polar surface area (TPSA) is 64.2 Å². The Morgan fingerprint density at radius 2 is 1.65 bits per heavy atom. The third-order valence-corrected chi connectivity index (χ3v) is 3.97. The van der Waals surface area contributed by atoms with E-state index in [-0.39, 0.29) is 5.76 Å². The number of rotatable bonds is 4. The molecule has 1 N–H and O–H groups in total. The lowest BCUT2D eigenvalue weighted by atomic mass is 10.3. The first-order chi connectivity index (χ1) is 11.2. The molecule has 116 valence electrons. The molecule has 0 radical (unpaired) electrons. The Labute approximate surface area is 136 Å². The molecule has 0 bridgehead atoms. The SMILES string of the molecule is CSc1c(C(=O)Nc2ccccc2)oc(=O)n1-c1ccccc1. The van der Waals surface area contributed by atoms with Crippen LogP contribution in [0.25, 0.3) is 5.69 Å². The first-order valence-electron chi connectivity index (χ1n) is 6.92. The number of hydrogen-bond donors (Lipinski definition) is 1. The number of anilines is 1. The Bertz CT molecular complexity index is 870. The van der Waals surface area contributed by atoms with Gasteiger partial charge in [0.25, 0.3) is 5.91 Å². The summed E-state index contributed by atoms with van der Waals surface area (Å²) < 4.78 is 6.59. The zero-order valence-electron chi connectivity index (χ0n) is 12.4. The smallest absolute Gasteiger partial charge is 0.401 e. The minimum absolute atomic E-state index is 0.00945. The lowest BCUT2D eigenvalue weighted by Crippen LogP contribution is -2.13. The average Bonchev–Trinajstić information content (AvgIpc) is 2.93. The average molecular weight is 326 g/mol. The molecule has 2 aromatic carbocycles. The third kappa shape index (κ3) is 3.07. The third-order valence-electron chi connectivity index (χ3n) is 3.21. The molecule has 0 atom stereocenters. The summed E-state index contributed by atoms with van der Waals surface area (Å²) >= 11 is 1.28. The van der Waals surface area contributed by atoms with Gasteiger partial charge in [-0.2, -0.15) is 0 Å². The van der Waals surface area contributed by atoms with Crippen molar-refractivity contribution in [2.24, 2.45) is 0 Å². The molecule has 0 fully saturated rings. The lowest BCUT2D eigenvalue weighted by molar-refractivity contribution is 0.0991. The maximum atomic E-state index is 12.4. The Hall–Kier alpha value is -2.73. The molecule has 0 saturated heterocycles. The molecule has 0 spiro atoms. The molecule has 0 aliphatic carbocycles. The highest BCUT2D eigenvalue weighted by molar-refractivity contribution is 7.98. The van der Waals surface area contributed by atoms with Crippen LogP contribution in [0.2, 0.25) is 0 Å². The molecule has 1 aromatic heterocycles. The highest BCUT2D eigenvalue weighted by Crippen LogP contribution is 2.24. The molecule has 0 saturated carbocycles. The fourth-order valence-electron chi connectivity index (χ4n) is 2.20. The number of carbonyl (C=O) groups is 1. The van der Waals surface area contributed by atoms with Gasteiger partial charge in [-0.3, -0.25) is 4.79 Å². The number of carbonyl (C=O) groups excluding carboxylic acids is 1. The van der Waals surface area contributed by atoms with Gasteiger partial charge in [0, 0.05) is 5.69 Å². The van der Waals surface area contributed by atoms with Crippen molar-refractivity contribution >= 4 is 23.4 Å². The molecule has 0 unspecified atom stereocenters. The predicted molar refractivity (Wildman–Crippen MR) is 90.5 cm³/mol. The molecule has 1 amide bonds. The van der Waals surface area contributed by atoms with Gasteiger partial charge in [-0.25, -0.2) is 9.36 Å². The van der Waals surface area contributed by atoms with Crippen molar-refractivity contribution in [1.29, 1.82) is 0 Å². The number of amides is 1. The van der Waals surface area contributed by atoms with Crippen molar-refractivity contribution in [2.45, 2.75) is 5.03 Å². The van der Waals surface area contributed by atoms with Crippen LogP contribution in [-0.2, 0) is 0 Å². The Morgan fingerprint density at radius 3 is 2.26 bits per heavy atom. The van der Waals surface area contributed by atoms with Gasteiger partial charge in [-0.1, -0.05) is 36.4 Å². The fraction of sp³-hybridized carbons (Fsp3) is 0.0588. The van der Waals surface area contributed by atoms with Gasteiger partial charge in [0.1, 0.15) is 5.03 Å². The van der Waals surface area contributed by atoms with Crippen LogP contribution in [0, 0.1) is 0 Å². The van der Waals surface area contributed by atoms with E-state index < -0.39 is 11.7 Å². The number of benzene rings is 2. The van der Waals surface area contributed by atoms with Gasteiger partial charge in [-0.05, 0) is 30.5 Å². The summed E-state index contributed by atoms with van der Waals surface area (Å²) in [5.41, 5.74) is 1.30. The number of aromatic nitrogens is 1. The van der Waals surface area contributed by atoms with Crippen LogP contribution in [0.4, 0.5) is 5.69 Å². The van der Waals surface area contributed by atoms with E-state index in [9.17, 15) is 9.59 Å². The summed E-state index contributed by atoms with van der Waals surface area (Å²) in [7, 11) is 0. The second-order valence-corrected chi connectivity index (χ2v) is 5.49. The molecule has 3 aromatic rings. The van der Waals surface area contributed by atoms with Crippen molar-refractivity contribution in [2.75, 3.05) is 11.6 Å². The van der Waals surface area contributed by atoms with Crippen LogP contribution in [0.5, 0.6) is 0 Å². The standard InChI is InChI=1S/C17H14N2O3S/c1-23-16-14(15(20)18-12-8-4-2-5-9-12)22-17(21)19(16)13-10-6-3-7-11-13/h2-11H,1H3,(H,18,20). The van der Waals surface area contributed by atoms with Gasteiger partial charge in [0.05, 0.1) is 5.69 Å². The second-order valence-electron chi connectivity index (χ2n) is 4.70. The number of hydrogen-bond acceptors (Lipinski definition) is 4. The van der Waals surface area contributed by atoms with E-state index >= 15 is 0 Å². The molecule has 0 aliphatic rings. The largest absolute Gasteiger partial charge is 0.425 e. The van der Waals surface area contributed by atoms with E-state index in [0.717, 1.165) is 0 Å². The van der Waals surface area contributed by atoms with Crippen molar-refractivity contribution in [3.8, 4) is 5.69 Å². The van der Waals surface area contributed by atoms with E-state index in [1.165, 1.54) is 16.3 Å². The maximum Gasteiger partial charge on any atom is 0.425 e. The number of thioether (sulfide) groups is 1. The Morgan fingerprint density at radius 1 is 1.04 bits per heavy atom. The summed E-state index contributed by atoms with van der Waals surface area (Å²) in [5, 5.41) is 3.19. The highest BCUT2D eigenvalue weighted by Gasteiger charge is 2.23. The van der Waals surface area contributed by atoms with E-state index in [0.29, 0.717) is 16.4 Å². The Balaban J connectivity index is 2.01. The van der Waals surface area contributed by atoms with E-state index in [2.05, 4.69) is 5.32 Å². The van der Waals surface area contributed by atoms with Crippen LogP contribution in [0.1, 0.15) is 10.6 Å². The fourth-order valence-corrected chi connectivity index (χ4v) is 2.88. The number of oxazole rings is 1. The highest BCUT2D eigenvalue weighted by atomic mass is 32.2. The molecular formula is C17H14N2O3S. The van der Waals surface area contributed by atoms with Gasteiger partial charge in [0.2, 0.25) is 5.76 Å². The molecule has 3 rings (SSSR count). The molecule has 1 heterocycles. The minimum Gasteiger partial charge on any atom is -0.401 e. The van der Waals surface area contributed by atoms with E-state index in [4.69, 9.17) is 4.42 Å². The van der Waals surface area contributed by atoms with E-state index in [1.54, 1.807) is 30.5 Å². The van der Waals surface area contributed by atoms with Crippen molar-refractivity contribution in [3.05, 3.63) is 77.0 Å². The maximum absolute atomic E-state index is 12.4.